The summed E-state index contributed by atoms with van der Waals surface area (Å²) in [5.41, 5.74) is 24.0. The summed E-state index contributed by atoms with van der Waals surface area (Å²) in [6.45, 7) is 0. The van der Waals surface area contributed by atoms with Gasteiger partial charge in [-0.1, -0.05) is 231 Å². The zero-order valence-electron chi connectivity index (χ0n) is 47.3. The Morgan fingerprint density at radius 3 is 1.09 bits per heavy atom. The molecule has 0 saturated heterocycles. The molecule has 0 radical (unpaired) electrons. The number of hydrogen-bond acceptors (Lipinski definition) is 2. The van der Waals surface area contributed by atoms with E-state index in [0.717, 1.165) is 44.8 Å². The van der Waals surface area contributed by atoms with Gasteiger partial charge in [0.2, 0.25) is 0 Å². The Kier molecular flexibility index (Phi) is 10.9. The molecular formula is C83H52N4. The molecule has 4 heteroatoms. The van der Waals surface area contributed by atoms with Gasteiger partial charge in [0.05, 0.1) is 27.5 Å². The standard InChI is InChI=1S/C83H52N4/c1-3-19-63-59(17-1)55(37-43-61(63)57-39-45-79-71(51-57)69-23-7-11-27-77(69)86(79)81-29-13-15-47-84-81)35-31-53-33-41-67-68-42-34-54(50-76(68)83(75(67)49-53)73-25-9-5-21-65(73)66-22-6-10-26-74(66)83)32-36-56-38-44-62(64-20-4-2-18-60(56)64)58-40-46-80-72(52-58)70-24-8-12-28-78(70)87(80)82-30-14-16-48-85-82/h1-52H. The summed E-state index contributed by atoms with van der Waals surface area (Å²) in [5, 5.41) is 9.73. The minimum Gasteiger partial charge on any atom is -0.294 e. The van der Waals surface area contributed by atoms with Gasteiger partial charge in [-0.3, -0.25) is 9.13 Å². The maximum Gasteiger partial charge on any atom is 0.137 e. The van der Waals surface area contributed by atoms with Gasteiger partial charge >= 0.3 is 0 Å². The first-order chi connectivity index (χ1) is 43.2. The Morgan fingerprint density at radius 2 is 0.632 bits per heavy atom. The highest BCUT2D eigenvalue weighted by atomic mass is 15.1. The van der Waals surface area contributed by atoms with Gasteiger partial charge in [-0.25, -0.2) is 9.97 Å². The fourth-order valence-electron chi connectivity index (χ4n) is 14.9. The van der Waals surface area contributed by atoms with Gasteiger partial charge in [0.1, 0.15) is 11.6 Å². The lowest BCUT2D eigenvalue weighted by Crippen LogP contribution is -2.26. The van der Waals surface area contributed by atoms with E-state index in [9.17, 15) is 0 Å². The van der Waals surface area contributed by atoms with Crippen LogP contribution in [0.5, 0.6) is 0 Å². The predicted molar refractivity (Wildman–Crippen MR) is 364 cm³/mol. The lowest BCUT2D eigenvalue weighted by Gasteiger charge is -2.30. The molecule has 0 amide bonds. The molecule has 0 N–H and O–H groups in total. The minimum absolute atomic E-state index is 0.510. The molecule has 12 aromatic carbocycles. The number of para-hydroxylation sites is 2. The van der Waals surface area contributed by atoms with Crippen LogP contribution in [-0.4, -0.2) is 19.1 Å². The van der Waals surface area contributed by atoms with E-state index in [2.05, 4.69) is 300 Å². The quantitative estimate of drug-likeness (QED) is 0.142. The number of aromatic nitrogens is 4. The van der Waals surface area contributed by atoms with E-state index in [-0.39, 0.29) is 0 Å². The summed E-state index contributed by atoms with van der Waals surface area (Å²) >= 11 is 0. The van der Waals surface area contributed by atoms with E-state index in [1.807, 2.05) is 24.5 Å². The zero-order valence-corrected chi connectivity index (χ0v) is 47.3. The molecule has 4 nitrogen and oxygen atoms in total. The largest absolute Gasteiger partial charge is 0.294 e. The summed E-state index contributed by atoms with van der Waals surface area (Å²) in [5.74, 6) is 1.83. The van der Waals surface area contributed by atoms with Crippen LogP contribution in [-0.2, 0) is 5.41 Å². The van der Waals surface area contributed by atoms with E-state index in [1.54, 1.807) is 0 Å². The summed E-state index contributed by atoms with van der Waals surface area (Å²) in [6.07, 6.45) is 13.0. The van der Waals surface area contributed by atoms with Gasteiger partial charge in [-0.15, -0.1) is 0 Å². The summed E-state index contributed by atoms with van der Waals surface area (Å²) < 4.78 is 4.55. The van der Waals surface area contributed by atoms with Crippen LogP contribution in [0.4, 0.5) is 0 Å². The molecule has 16 aromatic rings. The predicted octanol–water partition coefficient (Wildman–Crippen LogP) is 21.0. The molecule has 4 heterocycles. The molecule has 4 aromatic heterocycles. The monoisotopic (exact) mass is 1100 g/mol. The molecule has 0 unspecified atom stereocenters. The first-order valence-corrected chi connectivity index (χ1v) is 29.9. The van der Waals surface area contributed by atoms with Crippen molar-refractivity contribution in [3.05, 3.63) is 336 Å². The molecule has 404 valence electrons. The highest BCUT2D eigenvalue weighted by Gasteiger charge is 2.51. The number of benzene rings is 12. The van der Waals surface area contributed by atoms with E-state index in [1.165, 1.54) is 121 Å². The summed E-state index contributed by atoms with van der Waals surface area (Å²) in [7, 11) is 0. The molecule has 18 rings (SSSR count). The normalized spacial score (nSPS) is 13.1. The van der Waals surface area contributed by atoms with Crippen LogP contribution >= 0.6 is 0 Å². The van der Waals surface area contributed by atoms with Crippen molar-refractivity contribution in [2.45, 2.75) is 5.41 Å². The number of rotatable bonds is 8. The van der Waals surface area contributed by atoms with Crippen molar-refractivity contribution in [1.82, 2.24) is 19.1 Å². The van der Waals surface area contributed by atoms with Crippen LogP contribution in [0.1, 0.15) is 44.5 Å². The molecule has 2 aliphatic rings. The summed E-state index contributed by atoms with van der Waals surface area (Å²) in [6, 6.07) is 103. The van der Waals surface area contributed by atoms with Gasteiger partial charge in [0, 0.05) is 33.9 Å². The topological polar surface area (TPSA) is 35.6 Å². The van der Waals surface area contributed by atoms with Gasteiger partial charge in [-0.05, 0) is 183 Å². The maximum atomic E-state index is 4.76. The minimum atomic E-state index is -0.510. The third-order valence-corrected chi connectivity index (χ3v) is 18.7. The van der Waals surface area contributed by atoms with Gasteiger partial charge in [0.25, 0.3) is 0 Å². The molecule has 87 heavy (non-hydrogen) atoms. The van der Waals surface area contributed by atoms with E-state index >= 15 is 0 Å². The Morgan fingerprint density at radius 1 is 0.253 bits per heavy atom. The first-order valence-electron chi connectivity index (χ1n) is 29.9. The average Bonchev–Trinajstić information content (AvgIpc) is 1.64. The third kappa shape index (κ3) is 7.38. The second-order valence-electron chi connectivity index (χ2n) is 23.2. The maximum absolute atomic E-state index is 4.76. The fraction of sp³-hybridized carbons (Fsp3) is 0.0120. The highest BCUT2D eigenvalue weighted by molar-refractivity contribution is 6.14. The highest BCUT2D eigenvalue weighted by Crippen LogP contribution is 2.63. The van der Waals surface area contributed by atoms with Crippen molar-refractivity contribution in [3.63, 3.8) is 0 Å². The van der Waals surface area contributed by atoms with Crippen molar-refractivity contribution in [3.8, 4) is 56.1 Å². The van der Waals surface area contributed by atoms with E-state index < -0.39 is 5.41 Å². The summed E-state index contributed by atoms with van der Waals surface area (Å²) in [4.78, 5) is 9.51. The fourth-order valence-corrected chi connectivity index (χ4v) is 14.9. The second kappa shape index (κ2) is 19.3. The molecule has 0 fully saturated rings. The van der Waals surface area contributed by atoms with E-state index in [4.69, 9.17) is 9.97 Å². The molecule has 2 aliphatic carbocycles. The van der Waals surface area contributed by atoms with Crippen LogP contribution in [0.3, 0.4) is 0 Å². The van der Waals surface area contributed by atoms with E-state index in [0.29, 0.717) is 0 Å². The average molecular weight is 1110 g/mol. The van der Waals surface area contributed by atoms with Crippen molar-refractivity contribution in [2.75, 3.05) is 0 Å². The molecule has 1 spiro atoms. The number of hydrogen-bond donors (Lipinski definition) is 0. The number of fused-ring (bicyclic) bond motifs is 18. The molecule has 0 saturated carbocycles. The van der Waals surface area contributed by atoms with Crippen LogP contribution in [0, 0.1) is 0 Å². The molecular weight excluding hydrogens is 1050 g/mol. The lowest BCUT2D eigenvalue weighted by atomic mass is 9.70. The lowest BCUT2D eigenvalue weighted by molar-refractivity contribution is 0.793. The Balaban J connectivity index is 0.710. The first kappa shape index (κ1) is 49.0. The van der Waals surface area contributed by atoms with Gasteiger partial charge < -0.3 is 0 Å². The second-order valence-corrected chi connectivity index (χ2v) is 23.2. The van der Waals surface area contributed by atoms with Gasteiger partial charge in [-0.2, -0.15) is 0 Å². The Bertz CT molecular complexity index is 5240. The molecule has 0 atom stereocenters. The molecule has 0 bridgehead atoms. The SMILES string of the molecule is C(=Cc1ccc(-c2ccc3c(c2)c2ccccc2n3-c2ccccn2)c2ccccc12)c1ccc2c(c1)C1(c3ccccc3-c3ccccc31)c1cc(C=Cc3ccc(-c4ccc5c(c4)c4ccccc4n5-c4ccccn4)c4ccccc34)ccc1-2. The van der Waals surface area contributed by atoms with Crippen molar-refractivity contribution < 1.29 is 0 Å². The zero-order chi connectivity index (χ0) is 57.2. The Labute approximate surface area is 503 Å². The number of nitrogens with zero attached hydrogens (tertiary/aromatic N) is 4. The third-order valence-electron chi connectivity index (χ3n) is 18.7. The van der Waals surface area contributed by atoms with Crippen molar-refractivity contribution in [1.29, 1.82) is 0 Å². The van der Waals surface area contributed by atoms with Crippen molar-refractivity contribution in [2.24, 2.45) is 0 Å². The smallest absolute Gasteiger partial charge is 0.137 e. The number of pyridine rings is 2. The van der Waals surface area contributed by atoms with Crippen LogP contribution in [0.15, 0.2) is 291 Å². The molecule has 0 aliphatic heterocycles. The Hall–Kier alpha value is -11.5. The van der Waals surface area contributed by atoms with Crippen LogP contribution in [0.2, 0.25) is 0 Å². The van der Waals surface area contributed by atoms with Crippen LogP contribution < -0.4 is 0 Å². The van der Waals surface area contributed by atoms with Gasteiger partial charge in [0.15, 0.2) is 0 Å². The van der Waals surface area contributed by atoms with Crippen molar-refractivity contribution >= 4 is 89.5 Å². The van der Waals surface area contributed by atoms with Crippen LogP contribution in [0.25, 0.3) is 146 Å².